The molecule has 0 amide bonds. The second-order valence-corrected chi connectivity index (χ2v) is 9.87. The number of thiazole rings is 1. The minimum Gasteiger partial charge on any atom is -0.485 e. The molecule has 2 atom stereocenters. The summed E-state index contributed by atoms with van der Waals surface area (Å²) in [6.45, 7) is 6.11. The van der Waals surface area contributed by atoms with Crippen LogP contribution in [0.5, 0.6) is 5.75 Å². The third-order valence-electron chi connectivity index (χ3n) is 5.03. The van der Waals surface area contributed by atoms with Gasteiger partial charge >= 0.3 is 0 Å². The summed E-state index contributed by atoms with van der Waals surface area (Å²) in [7, 11) is 0. The molecule has 0 bridgehead atoms. The molecule has 2 aromatic carbocycles. The van der Waals surface area contributed by atoms with Crippen molar-refractivity contribution < 1.29 is 18.0 Å². The fourth-order valence-electron chi connectivity index (χ4n) is 3.23. The van der Waals surface area contributed by atoms with Crippen LogP contribution in [0.25, 0.3) is 22.0 Å². The summed E-state index contributed by atoms with van der Waals surface area (Å²) in [5.41, 5.74) is 2.66. The van der Waals surface area contributed by atoms with E-state index in [2.05, 4.69) is 22.0 Å². The molecule has 2 unspecified atom stereocenters. The van der Waals surface area contributed by atoms with Crippen molar-refractivity contribution in [2.75, 3.05) is 0 Å². The van der Waals surface area contributed by atoms with Gasteiger partial charge in [0.1, 0.15) is 16.9 Å². The second kappa shape index (κ2) is 10.4. The largest absolute Gasteiger partial charge is 0.485 e. The average molecular weight is 484 g/mol. The van der Waals surface area contributed by atoms with E-state index >= 15 is 0 Å². The summed E-state index contributed by atoms with van der Waals surface area (Å²) < 4.78 is 31.5. The molecule has 0 aliphatic carbocycles. The summed E-state index contributed by atoms with van der Waals surface area (Å²) in [5.74, 6) is 2.26. The minimum absolute atomic E-state index is 0.115. The molecule has 33 heavy (non-hydrogen) atoms. The Labute approximate surface area is 199 Å². The summed E-state index contributed by atoms with van der Waals surface area (Å²) >= 11 is -0.260. The third kappa shape index (κ3) is 5.73. The van der Waals surface area contributed by atoms with E-state index in [0.717, 1.165) is 38.7 Å². The Balaban J connectivity index is 1.45. The Kier molecular flexibility index (Phi) is 7.32. The zero-order chi connectivity index (χ0) is 23.4. The summed E-state index contributed by atoms with van der Waals surface area (Å²) in [6.07, 6.45) is 2.54. The average Bonchev–Trinajstić information content (AvgIpc) is 3.49. The fraction of sp³-hybridized carbons (Fsp3) is 0.292. The smallest absolute Gasteiger partial charge is 0.229 e. The van der Waals surface area contributed by atoms with E-state index in [0.29, 0.717) is 11.7 Å². The minimum atomic E-state index is -1.85. The molecule has 7 nitrogen and oxygen atoms in total. The Hall–Kier alpha value is -2.88. The summed E-state index contributed by atoms with van der Waals surface area (Å²) in [4.78, 5) is 10.0. The lowest BCUT2D eigenvalue weighted by Crippen LogP contribution is -2.04. The topological polar surface area (TPSA) is 98.3 Å². The molecule has 0 spiro atoms. The lowest BCUT2D eigenvalue weighted by atomic mass is 10.2. The molecule has 2 heterocycles. The second-order valence-electron chi connectivity index (χ2n) is 7.88. The van der Waals surface area contributed by atoms with Gasteiger partial charge in [0, 0.05) is 23.2 Å². The molecular weight excluding hydrogens is 458 g/mol. The zero-order valence-corrected chi connectivity index (χ0v) is 20.2. The molecular formula is C24H25N3O4S2. The standard InChI is InChI=1S/C24H25N3O4S2/c1-4-20(21-13-25-24(32-21)18-7-5-16(6-8-18)14-33(28)29)30-19-11-9-17(10-12-19)22-26-23(15(2)3)31-27-22/h5-13,15,20H,4,14H2,1-3H3,(H,28,29). The van der Waals surface area contributed by atoms with E-state index in [9.17, 15) is 4.21 Å². The van der Waals surface area contributed by atoms with E-state index < -0.39 is 11.1 Å². The van der Waals surface area contributed by atoms with Crippen molar-refractivity contribution in [3.8, 4) is 27.7 Å². The van der Waals surface area contributed by atoms with Crippen LogP contribution in [0, 0.1) is 0 Å². The number of nitrogens with zero attached hydrogens (tertiary/aromatic N) is 3. The number of hydrogen-bond donors (Lipinski definition) is 1. The molecule has 172 valence electrons. The number of ether oxygens (including phenoxy) is 1. The van der Waals surface area contributed by atoms with Gasteiger partial charge in [0.25, 0.3) is 0 Å². The summed E-state index contributed by atoms with van der Waals surface area (Å²) in [6, 6.07) is 15.2. The summed E-state index contributed by atoms with van der Waals surface area (Å²) in [5, 5.41) is 4.94. The van der Waals surface area contributed by atoms with E-state index in [4.69, 9.17) is 13.8 Å². The molecule has 4 aromatic rings. The first kappa shape index (κ1) is 23.3. The highest BCUT2D eigenvalue weighted by Crippen LogP contribution is 2.33. The molecule has 0 saturated carbocycles. The molecule has 0 saturated heterocycles. The van der Waals surface area contributed by atoms with Crippen LogP contribution in [0.15, 0.2) is 59.3 Å². The van der Waals surface area contributed by atoms with Gasteiger partial charge in [-0.15, -0.1) is 11.3 Å². The fourth-order valence-corrected chi connectivity index (χ4v) is 4.74. The maximum atomic E-state index is 11.0. The van der Waals surface area contributed by atoms with Crippen LogP contribution in [0.1, 0.15) is 55.5 Å². The first-order valence-electron chi connectivity index (χ1n) is 10.7. The van der Waals surface area contributed by atoms with Crippen molar-refractivity contribution >= 4 is 22.4 Å². The monoisotopic (exact) mass is 483 g/mol. The molecule has 4 rings (SSSR count). The van der Waals surface area contributed by atoms with E-state index in [1.54, 1.807) is 11.3 Å². The van der Waals surface area contributed by atoms with Gasteiger partial charge in [0.05, 0.1) is 10.6 Å². The molecule has 2 aromatic heterocycles. The zero-order valence-electron chi connectivity index (χ0n) is 18.6. The Morgan fingerprint density at radius 1 is 1.09 bits per heavy atom. The van der Waals surface area contributed by atoms with Crippen molar-refractivity contribution in [3.05, 3.63) is 71.1 Å². The lowest BCUT2D eigenvalue weighted by molar-refractivity contribution is 0.205. The van der Waals surface area contributed by atoms with Gasteiger partial charge in [-0.25, -0.2) is 9.19 Å². The first-order valence-corrected chi connectivity index (χ1v) is 12.8. The van der Waals surface area contributed by atoms with Crippen molar-refractivity contribution in [1.82, 2.24) is 15.1 Å². The van der Waals surface area contributed by atoms with Crippen LogP contribution in [-0.4, -0.2) is 23.9 Å². The highest BCUT2D eigenvalue weighted by atomic mass is 32.2. The normalized spacial score (nSPS) is 13.2. The first-order chi connectivity index (χ1) is 15.9. The van der Waals surface area contributed by atoms with E-state index in [-0.39, 0.29) is 17.8 Å². The van der Waals surface area contributed by atoms with Gasteiger partial charge in [-0.05, 0) is 36.2 Å². The molecule has 0 radical (unpaired) electrons. The third-order valence-corrected chi connectivity index (χ3v) is 6.75. The quantitative estimate of drug-likeness (QED) is 0.282. The van der Waals surface area contributed by atoms with Crippen LogP contribution in [0.3, 0.4) is 0 Å². The van der Waals surface area contributed by atoms with Gasteiger partial charge in [-0.1, -0.05) is 50.2 Å². The molecule has 0 aliphatic rings. The Morgan fingerprint density at radius 3 is 2.39 bits per heavy atom. The van der Waals surface area contributed by atoms with Crippen LogP contribution < -0.4 is 4.74 Å². The maximum absolute atomic E-state index is 11.0. The van der Waals surface area contributed by atoms with Crippen molar-refractivity contribution in [2.24, 2.45) is 0 Å². The van der Waals surface area contributed by atoms with Crippen LogP contribution >= 0.6 is 11.3 Å². The predicted molar refractivity (Wildman–Crippen MR) is 130 cm³/mol. The van der Waals surface area contributed by atoms with Crippen molar-refractivity contribution in [3.63, 3.8) is 0 Å². The van der Waals surface area contributed by atoms with Crippen LogP contribution in [0.4, 0.5) is 0 Å². The van der Waals surface area contributed by atoms with Crippen molar-refractivity contribution in [2.45, 2.75) is 45.0 Å². The van der Waals surface area contributed by atoms with Crippen LogP contribution in [-0.2, 0) is 16.8 Å². The van der Waals surface area contributed by atoms with Gasteiger partial charge in [-0.2, -0.15) is 4.98 Å². The molecule has 1 N–H and O–H groups in total. The number of aromatic nitrogens is 3. The highest BCUT2D eigenvalue weighted by molar-refractivity contribution is 7.78. The van der Waals surface area contributed by atoms with Crippen molar-refractivity contribution in [1.29, 1.82) is 0 Å². The lowest BCUT2D eigenvalue weighted by Gasteiger charge is -2.15. The number of benzene rings is 2. The molecule has 9 heteroatoms. The van der Waals surface area contributed by atoms with Gasteiger partial charge in [0.2, 0.25) is 11.7 Å². The predicted octanol–water partition coefficient (Wildman–Crippen LogP) is 6.24. The van der Waals surface area contributed by atoms with Gasteiger partial charge < -0.3 is 13.8 Å². The van der Waals surface area contributed by atoms with E-state index in [1.165, 1.54) is 0 Å². The maximum Gasteiger partial charge on any atom is 0.229 e. The SMILES string of the molecule is CCC(Oc1ccc(-c2noc(C(C)C)n2)cc1)c1cnc(-c2ccc(CS(=O)O)cc2)s1. The highest BCUT2D eigenvalue weighted by Gasteiger charge is 2.17. The Bertz CT molecular complexity index is 1220. The van der Waals surface area contributed by atoms with Gasteiger partial charge in [0.15, 0.2) is 11.1 Å². The molecule has 0 aliphatic heterocycles. The van der Waals surface area contributed by atoms with Crippen LogP contribution in [0.2, 0.25) is 0 Å². The number of hydrogen-bond acceptors (Lipinski definition) is 7. The Morgan fingerprint density at radius 2 is 1.79 bits per heavy atom. The molecule has 0 fully saturated rings. The number of rotatable bonds is 9. The van der Waals surface area contributed by atoms with E-state index in [1.807, 2.05) is 68.6 Å². The van der Waals surface area contributed by atoms with Gasteiger partial charge in [-0.3, -0.25) is 0 Å².